The summed E-state index contributed by atoms with van der Waals surface area (Å²) in [4.78, 5) is 2.52. The van der Waals surface area contributed by atoms with Crippen molar-refractivity contribution in [2.45, 2.75) is 26.8 Å². The molecule has 1 aliphatic rings. The third-order valence-corrected chi connectivity index (χ3v) is 4.00. The average Bonchev–Trinajstić information content (AvgIpc) is 2.41. The molecule has 0 bridgehead atoms. The third kappa shape index (κ3) is 2.68. The van der Waals surface area contributed by atoms with E-state index >= 15 is 0 Å². The smallest absolute Gasteiger partial charge is 0.123 e. The molecule has 3 heteroatoms. The van der Waals surface area contributed by atoms with Gasteiger partial charge in [0.1, 0.15) is 5.75 Å². The normalized spacial score (nSPS) is 18.7. The Labute approximate surface area is 110 Å². The third-order valence-electron chi connectivity index (χ3n) is 4.00. The monoisotopic (exact) mass is 248 g/mol. The highest BCUT2D eigenvalue weighted by Crippen LogP contribution is 2.31. The molecule has 2 rings (SSSR count). The van der Waals surface area contributed by atoms with Crippen LogP contribution in [-0.2, 0) is 0 Å². The summed E-state index contributed by atoms with van der Waals surface area (Å²) >= 11 is 0. The number of nitrogens with zero attached hydrogens (tertiary/aromatic N) is 1. The van der Waals surface area contributed by atoms with E-state index in [1.165, 1.54) is 16.7 Å². The lowest BCUT2D eigenvalue weighted by Crippen LogP contribution is -2.44. The van der Waals surface area contributed by atoms with Gasteiger partial charge in [0.15, 0.2) is 0 Å². The van der Waals surface area contributed by atoms with Crippen molar-refractivity contribution in [3.63, 3.8) is 0 Å². The average molecular weight is 248 g/mol. The first-order chi connectivity index (χ1) is 8.63. The van der Waals surface area contributed by atoms with E-state index in [-0.39, 0.29) is 0 Å². The van der Waals surface area contributed by atoms with Gasteiger partial charge in [0.25, 0.3) is 0 Å². The van der Waals surface area contributed by atoms with Crippen LogP contribution in [0, 0.1) is 13.8 Å². The van der Waals surface area contributed by atoms with E-state index < -0.39 is 0 Å². The van der Waals surface area contributed by atoms with Crippen molar-refractivity contribution < 1.29 is 4.74 Å². The fraction of sp³-hybridized carbons (Fsp3) is 0.600. The first kappa shape index (κ1) is 13.4. The molecule has 0 aliphatic carbocycles. The molecular weight excluding hydrogens is 224 g/mol. The van der Waals surface area contributed by atoms with Crippen LogP contribution in [0.5, 0.6) is 5.75 Å². The molecule has 1 heterocycles. The molecule has 100 valence electrons. The number of methoxy groups -OCH3 is 1. The predicted molar refractivity (Wildman–Crippen MR) is 75.3 cm³/mol. The van der Waals surface area contributed by atoms with Crippen molar-refractivity contribution in [3.05, 3.63) is 28.8 Å². The Balaban J connectivity index is 2.27. The van der Waals surface area contributed by atoms with E-state index in [2.05, 4.69) is 43.1 Å². The number of hydrogen-bond donors (Lipinski definition) is 1. The Kier molecular flexibility index (Phi) is 4.25. The Morgan fingerprint density at radius 1 is 1.17 bits per heavy atom. The Morgan fingerprint density at radius 2 is 1.78 bits per heavy atom. The largest absolute Gasteiger partial charge is 0.496 e. The quantitative estimate of drug-likeness (QED) is 0.888. The van der Waals surface area contributed by atoms with Crippen molar-refractivity contribution in [3.8, 4) is 5.75 Å². The lowest BCUT2D eigenvalue weighted by Gasteiger charge is -2.34. The Hall–Kier alpha value is -1.06. The van der Waals surface area contributed by atoms with Crippen molar-refractivity contribution in [1.82, 2.24) is 10.2 Å². The summed E-state index contributed by atoms with van der Waals surface area (Å²) in [6, 6.07) is 4.85. The van der Waals surface area contributed by atoms with Crippen LogP contribution in [0.1, 0.15) is 29.7 Å². The van der Waals surface area contributed by atoms with Gasteiger partial charge >= 0.3 is 0 Å². The molecule has 3 nitrogen and oxygen atoms in total. The topological polar surface area (TPSA) is 24.5 Å². The molecule has 1 fully saturated rings. The maximum Gasteiger partial charge on any atom is 0.123 e. The SMILES string of the molecule is COc1cc(C)c(C)cc1C(C)N1CCNCC1. The van der Waals surface area contributed by atoms with Gasteiger partial charge in [-0.2, -0.15) is 0 Å². The van der Waals surface area contributed by atoms with Gasteiger partial charge in [-0.25, -0.2) is 0 Å². The minimum atomic E-state index is 0.418. The van der Waals surface area contributed by atoms with Gasteiger partial charge in [0.2, 0.25) is 0 Å². The van der Waals surface area contributed by atoms with Crippen LogP contribution in [0.4, 0.5) is 0 Å². The highest BCUT2D eigenvalue weighted by atomic mass is 16.5. The maximum absolute atomic E-state index is 5.55. The number of benzene rings is 1. The number of rotatable bonds is 3. The molecule has 1 atom stereocenters. The lowest BCUT2D eigenvalue weighted by molar-refractivity contribution is 0.182. The number of aryl methyl sites for hydroxylation is 2. The zero-order valence-corrected chi connectivity index (χ0v) is 11.9. The van der Waals surface area contributed by atoms with E-state index in [0.29, 0.717) is 6.04 Å². The van der Waals surface area contributed by atoms with Gasteiger partial charge < -0.3 is 10.1 Å². The van der Waals surface area contributed by atoms with E-state index in [1.807, 2.05) is 0 Å². The van der Waals surface area contributed by atoms with Gasteiger partial charge in [-0.05, 0) is 38.0 Å². The summed E-state index contributed by atoms with van der Waals surface area (Å²) in [5.41, 5.74) is 3.94. The second-order valence-corrected chi connectivity index (χ2v) is 5.14. The van der Waals surface area contributed by atoms with Crippen LogP contribution in [0.3, 0.4) is 0 Å². The predicted octanol–water partition coefficient (Wildman–Crippen LogP) is 2.28. The molecule has 1 aliphatic heterocycles. The van der Waals surface area contributed by atoms with E-state index in [4.69, 9.17) is 4.74 Å². The van der Waals surface area contributed by atoms with Crippen molar-refractivity contribution in [1.29, 1.82) is 0 Å². The molecule has 0 aromatic heterocycles. The van der Waals surface area contributed by atoms with E-state index in [1.54, 1.807) is 7.11 Å². The number of ether oxygens (including phenoxy) is 1. The highest BCUT2D eigenvalue weighted by Gasteiger charge is 2.21. The molecule has 0 radical (unpaired) electrons. The molecule has 1 unspecified atom stereocenters. The van der Waals surface area contributed by atoms with Gasteiger partial charge in [0, 0.05) is 37.8 Å². The molecule has 0 amide bonds. The van der Waals surface area contributed by atoms with E-state index in [9.17, 15) is 0 Å². The fourth-order valence-electron chi connectivity index (χ4n) is 2.58. The summed E-state index contributed by atoms with van der Waals surface area (Å²) in [5, 5.41) is 3.40. The minimum Gasteiger partial charge on any atom is -0.496 e. The second-order valence-electron chi connectivity index (χ2n) is 5.14. The Morgan fingerprint density at radius 3 is 2.39 bits per heavy atom. The van der Waals surface area contributed by atoms with Crippen LogP contribution in [0.25, 0.3) is 0 Å². The molecule has 1 aromatic rings. The first-order valence-corrected chi connectivity index (χ1v) is 6.73. The molecule has 18 heavy (non-hydrogen) atoms. The van der Waals surface area contributed by atoms with Crippen molar-refractivity contribution >= 4 is 0 Å². The van der Waals surface area contributed by atoms with Crippen LogP contribution >= 0.6 is 0 Å². The molecule has 0 spiro atoms. The van der Waals surface area contributed by atoms with Crippen LogP contribution in [0.15, 0.2) is 12.1 Å². The van der Waals surface area contributed by atoms with Crippen molar-refractivity contribution in [2.75, 3.05) is 33.3 Å². The van der Waals surface area contributed by atoms with Crippen LogP contribution in [0.2, 0.25) is 0 Å². The van der Waals surface area contributed by atoms with Gasteiger partial charge in [-0.3, -0.25) is 4.90 Å². The zero-order chi connectivity index (χ0) is 13.1. The summed E-state index contributed by atoms with van der Waals surface area (Å²) in [6.45, 7) is 11.0. The molecular formula is C15H24N2O. The fourth-order valence-corrected chi connectivity index (χ4v) is 2.58. The number of hydrogen-bond acceptors (Lipinski definition) is 3. The molecule has 1 aromatic carbocycles. The first-order valence-electron chi connectivity index (χ1n) is 6.73. The van der Waals surface area contributed by atoms with Crippen LogP contribution in [-0.4, -0.2) is 38.2 Å². The van der Waals surface area contributed by atoms with Gasteiger partial charge in [-0.1, -0.05) is 6.07 Å². The van der Waals surface area contributed by atoms with Gasteiger partial charge in [-0.15, -0.1) is 0 Å². The standard InChI is InChI=1S/C15H24N2O/c1-11-9-14(15(18-4)10-12(11)2)13(3)17-7-5-16-6-8-17/h9-10,13,16H,5-8H2,1-4H3. The summed E-state index contributed by atoms with van der Waals surface area (Å²) < 4.78 is 5.55. The van der Waals surface area contributed by atoms with Crippen LogP contribution < -0.4 is 10.1 Å². The highest BCUT2D eigenvalue weighted by molar-refractivity contribution is 5.43. The zero-order valence-electron chi connectivity index (χ0n) is 11.9. The number of piperazine rings is 1. The lowest BCUT2D eigenvalue weighted by atomic mass is 9.99. The molecule has 0 saturated carbocycles. The second kappa shape index (κ2) is 5.72. The minimum absolute atomic E-state index is 0.418. The molecule has 1 saturated heterocycles. The summed E-state index contributed by atoms with van der Waals surface area (Å²) in [5.74, 6) is 1.02. The summed E-state index contributed by atoms with van der Waals surface area (Å²) in [7, 11) is 1.76. The molecule has 1 N–H and O–H groups in total. The van der Waals surface area contributed by atoms with Crippen molar-refractivity contribution in [2.24, 2.45) is 0 Å². The van der Waals surface area contributed by atoms with Gasteiger partial charge in [0.05, 0.1) is 7.11 Å². The summed E-state index contributed by atoms with van der Waals surface area (Å²) in [6.07, 6.45) is 0. The maximum atomic E-state index is 5.55. The van der Waals surface area contributed by atoms with E-state index in [0.717, 1.165) is 31.9 Å². The number of nitrogens with one attached hydrogen (secondary N) is 1. The Bertz CT molecular complexity index is 411.